The van der Waals surface area contributed by atoms with E-state index in [0.717, 1.165) is 0 Å². The molecule has 92 valence electrons. The number of hydrogen-bond donors (Lipinski definition) is 1. The number of hydrazone groups is 1. The number of nitrogens with zero attached hydrogens (tertiary/aromatic N) is 1. The highest BCUT2D eigenvalue weighted by atomic mass is 15.1. The highest BCUT2D eigenvalue weighted by Crippen LogP contribution is 2.36. The van der Waals surface area contributed by atoms with E-state index in [1.807, 2.05) is 6.92 Å². The molecule has 0 aliphatic carbocycles. The maximum atomic E-state index is 5.31. The second-order valence-electron chi connectivity index (χ2n) is 6.11. The second kappa shape index (κ2) is 5.33. The fourth-order valence-electron chi connectivity index (χ4n) is 1.65. The number of allylic oxidation sites excluding steroid dienone is 4. The van der Waals surface area contributed by atoms with Crippen molar-refractivity contribution in [3.05, 3.63) is 23.3 Å². The SMILES string of the molecule is C\C=C/C(=C(\C=N/N)C(C)(C)C)C(C)(C)C. The molecule has 0 aromatic rings. The van der Waals surface area contributed by atoms with Gasteiger partial charge in [-0.05, 0) is 28.9 Å². The molecule has 0 rings (SSSR count). The van der Waals surface area contributed by atoms with Crippen LogP contribution in [0.5, 0.6) is 0 Å². The van der Waals surface area contributed by atoms with Gasteiger partial charge in [0.1, 0.15) is 0 Å². The van der Waals surface area contributed by atoms with E-state index in [0.29, 0.717) is 0 Å². The third kappa shape index (κ3) is 4.21. The van der Waals surface area contributed by atoms with Gasteiger partial charge < -0.3 is 5.84 Å². The van der Waals surface area contributed by atoms with Crippen LogP contribution >= 0.6 is 0 Å². The van der Waals surface area contributed by atoms with E-state index >= 15 is 0 Å². The van der Waals surface area contributed by atoms with Crippen LogP contribution in [-0.2, 0) is 0 Å². The lowest BCUT2D eigenvalue weighted by atomic mass is 9.75. The maximum absolute atomic E-state index is 5.31. The minimum atomic E-state index is 0.0466. The average Bonchev–Trinajstić information content (AvgIpc) is 2.07. The van der Waals surface area contributed by atoms with Gasteiger partial charge in [-0.1, -0.05) is 53.7 Å². The molecule has 0 spiro atoms. The highest BCUT2D eigenvalue weighted by Gasteiger charge is 2.25. The van der Waals surface area contributed by atoms with Crippen molar-refractivity contribution in [2.45, 2.75) is 48.5 Å². The van der Waals surface area contributed by atoms with E-state index in [1.165, 1.54) is 11.1 Å². The van der Waals surface area contributed by atoms with Crippen LogP contribution < -0.4 is 5.84 Å². The Kier molecular flexibility index (Phi) is 4.98. The molecule has 0 saturated heterocycles. The van der Waals surface area contributed by atoms with Crippen molar-refractivity contribution in [1.29, 1.82) is 0 Å². The van der Waals surface area contributed by atoms with Crippen LogP contribution in [0.2, 0.25) is 0 Å². The molecule has 16 heavy (non-hydrogen) atoms. The average molecular weight is 222 g/mol. The summed E-state index contributed by atoms with van der Waals surface area (Å²) in [5.74, 6) is 5.31. The van der Waals surface area contributed by atoms with Gasteiger partial charge in [0.05, 0.1) is 6.21 Å². The maximum Gasteiger partial charge on any atom is 0.0505 e. The molecule has 0 radical (unpaired) electrons. The third-order valence-electron chi connectivity index (χ3n) is 2.44. The molecule has 2 heteroatoms. The van der Waals surface area contributed by atoms with Crippen molar-refractivity contribution >= 4 is 6.21 Å². The Morgan fingerprint density at radius 3 is 1.62 bits per heavy atom. The molecule has 0 aromatic carbocycles. The molecule has 0 unspecified atom stereocenters. The van der Waals surface area contributed by atoms with Gasteiger partial charge >= 0.3 is 0 Å². The van der Waals surface area contributed by atoms with Gasteiger partial charge in [-0.2, -0.15) is 5.10 Å². The van der Waals surface area contributed by atoms with Crippen molar-refractivity contribution in [3.63, 3.8) is 0 Å². The Hall–Kier alpha value is -1.05. The Balaban J connectivity index is 5.85. The van der Waals surface area contributed by atoms with Crippen molar-refractivity contribution in [2.24, 2.45) is 21.8 Å². The molecule has 0 bridgehead atoms. The van der Waals surface area contributed by atoms with Crippen LogP contribution in [0, 0.1) is 10.8 Å². The van der Waals surface area contributed by atoms with Gasteiger partial charge in [0.25, 0.3) is 0 Å². The largest absolute Gasteiger partial charge is 0.323 e. The second-order valence-corrected chi connectivity index (χ2v) is 6.11. The number of nitrogens with two attached hydrogens (primary N) is 1. The summed E-state index contributed by atoms with van der Waals surface area (Å²) < 4.78 is 0. The topological polar surface area (TPSA) is 38.4 Å². The first kappa shape index (κ1) is 14.9. The van der Waals surface area contributed by atoms with Gasteiger partial charge in [0, 0.05) is 0 Å². The van der Waals surface area contributed by atoms with Gasteiger partial charge in [-0.15, -0.1) is 0 Å². The number of rotatable bonds is 2. The Labute approximate surface area is 100 Å². The Bertz CT molecular complexity index is 275. The Morgan fingerprint density at radius 2 is 1.38 bits per heavy atom. The minimum Gasteiger partial charge on any atom is -0.323 e. The summed E-state index contributed by atoms with van der Waals surface area (Å²) in [7, 11) is 0. The summed E-state index contributed by atoms with van der Waals surface area (Å²) in [6.07, 6.45) is 6.00. The first-order valence-corrected chi connectivity index (χ1v) is 5.75. The van der Waals surface area contributed by atoms with Gasteiger partial charge in [-0.25, -0.2) is 0 Å². The standard InChI is InChI=1S/C14H26N2/c1-8-9-11(13(2,3)4)12(10-16-15)14(5,6)7/h8-10H,15H2,1-7H3/b9-8-,12-11-,16-10-. The lowest BCUT2D eigenvalue weighted by Crippen LogP contribution is -2.20. The smallest absolute Gasteiger partial charge is 0.0505 e. The lowest BCUT2D eigenvalue weighted by Gasteiger charge is -2.29. The zero-order chi connectivity index (χ0) is 13.0. The molecule has 2 nitrogen and oxygen atoms in total. The van der Waals surface area contributed by atoms with E-state index in [-0.39, 0.29) is 10.8 Å². The van der Waals surface area contributed by atoms with E-state index in [4.69, 9.17) is 5.84 Å². The molecule has 2 N–H and O–H groups in total. The fraction of sp³-hybridized carbons (Fsp3) is 0.643. The molecule has 0 amide bonds. The van der Waals surface area contributed by atoms with Crippen molar-refractivity contribution < 1.29 is 0 Å². The van der Waals surface area contributed by atoms with Gasteiger partial charge in [-0.3, -0.25) is 0 Å². The summed E-state index contributed by atoms with van der Waals surface area (Å²) in [6.45, 7) is 15.2. The number of hydrogen-bond acceptors (Lipinski definition) is 2. The van der Waals surface area contributed by atoms with Crippen LogP contribution in [0.4, 0.5) is 0 Å². The summed E-state index contributed by atoms with van der Waals surface area (Å²) in [6, 6.07) is 0. The van der Waals surface area contributed by atoms with Crippen LogP contribution in [0.25, 0.3) is 0 Å². The predicted molar refractivity (Wildman–Crippen MR) is 73.4 cm³/mol. The van der Waals surface area contributed by atoms with Gasteiger partial charge in [0.15, 0.2) is 0 Å². The molecular formula is C14H26N2. The fourth-order valence-corrected chi connectivity index (χ4v) is 1.65. The monoisotopic (exact) mass is 222 g/mol. The first-order chi connectivity index (χ1) is 7.14. The summed E-state index contributed by atoms with van der Waals surface area (Å²) in [5, 5.41) is 3.70. The summed E-state index contributed by atoms with van der Waals surface area (Å²) >= 11 is 0. The molecule has 0 heterocycles. The van der Waals surface area contributed by atoms with E-state index < -0.39 is 0 Å². The highest BCUT2D eigenvalue weighted by molar-refractivity contribution is 5.82. The first-order valence-electron chi connectivity index (χ1n) is 5.75. The predicted octanol–water partition coefficient (Wildman–Crippen LogP) is 3.90. The molecule has 0 atom stereocenters. The molecule has 0 aromatic heterocycles. The van der Waals surface area contributed by atoms with Crippen LogP contribution in [0.3, 0.4) is 0 Å². The van der Waals surface area contributed by atoms with Crippen molar-refractivity contribution in [3.8, 4) is 0 Å². The zero-order valence-corrected chi connectivity index (χ0v) is 11.8. The van der Waals surface area contributed by atoms with Crippen LogP contribution in [0.15, 0.2) is 28.4 Å². The van der Waals surface area contributed by atoms with Crippen LogP contribution in [-0.4, -0.2) is 6.21 Å². The molecule has 0 saturated carbocycles. The summed E-state index contributed by atoms with van der Waals surface area (Å²) in [4.78, 5) is 0. The minimum absolute atomic E-state index is 0.0466. The molecule has 0 aliphatic heterocycles. The van der Waals surface area contributed by atoms with Crippen molar-refractivity contribution in [2.75, 3.05) is 0 Å². The zero-order valence-electron chi connectivity index (χ0n) is 11.8. The van der Waals surface area contributed by atoms with Crippen molar-refractivity contribution in [1.82, 2.24) is 0 Å². The van der Waals surface area contributed by atoms with E-state index in [1.54, 1.807) is 6.21 Å². The Morgan fingerprint density at radius 1 is 0.938 bits per heavy atom. The van der Waals surface area contributed by atoms with Crippen LogP contribution in [0.1, 0.15) is 48.5 Å². The normalized spacial score (nSPS) is 15.9. The molecular weight excluding hydrogens is 196 g/mol. The lowest BCUT2D eigenvalue weighted by molar-refractivity contribution is 0.470. The molecule has 0 aliphatic rings. The quantitative estimate of drug-likeness (QED) is 0.327. The molecule has 0 fully saturated rings. The summed E-state index contributed by atoms with van der Waals surface area (Å²) in [5.41, 5.74) is 2.62. The van der Waals surface area contributed by atoms with E-state index in [2.05, 4.69) is 58.8 Å². The van der Waals surface area contributed by atoms with E-state index in [9.17, 15) is 0 Å². The van der Waals surface area contributed by atoms with Gasteiger partial charge in [0.2, 0.25) is 0 Å². The third-order valence-corrected chi connectivity index (χ3v) is 2.44.